The number of carboxylic acid groups (broad SMARTS) is 1. The first kappa shape index (κ1) is 13.6. The summed E-state index contributed by atoms with van der Waals surface area (Å²) in [7, 11) is 0. The van der Waals surface area contributed by atoms with Crippen LogP contribution in [0.25, 0.3) is 0 Å². The highest BCUT2D eigenvalue weighted by atomic mass is 16.6. The molecule has 0 aromatic heterocycles. The predicted molar refractivity (Wildman–Crippen MR) is 62.0 cm³/mol. The van der Waals surface area contributed by atoms with Crippen LogP contribution in [0.1, 0.15) is 27.7 Å². The molecule has 0 aromatic rings. The van der Waals surface area contributed by atoms with Gasteiger partial charge in [-0.2, -0.15) is 0 Å². The van der Waals surface area contributed by atoms with Crippen molar-refractivity contribution in [2.24, 2.45) is 0 Å². The smallest absolute Gasteiger partial charge is 0.410 e. The van der Waals surface area contributed by atoms with Gasteiger partial charge < -0.3 is 19.6 Å². The molecule has 0 radical (unpaired) electrons. The highest BCUT2D eigenvalue weighted by molar-refractivity contribution is 5.70. The first-order chi connectivity index (χ1) is 7.70. The Labute approximate surface area is 101 Å². The lowest BCUT2D eigenvalue weighted by atomic mass is 10.2. The molecular formula is C11H20N2O4. The Hall–Kier alpha value is -1.46. The molecule has 1 N–H and O–H groups in total. The zero-order valence-electron chi connectivity index (χ0n) is 10.8. The third-order valence-electron chi connectivity index (χ3n) is 2.53. The van der Waals surface area contributed by atoms with Gasteiger partial charge in [-0.3, -0.25) is 0 Å². The van der Waals surface area contributed by atoms with Crippen molar-refractivity contribution < 1.29 is 19.4 Å². The summed E-state index contributed by atoms with van der Waals surface area (Å²) in [4.78, 5) is 25.5. The number of amides is 2. The lowest BCUT2D eigenvalue weighted by Gasteiger charge is -2.39. The van der Waals surface area contributed by atoms with Crippen molar-refractivity contribution in [3.8, 4) is 0 Å². The largest absolute Gasteiger partial charge is 0.465 e. The molecule has 0 bridgehead atoms. The zero-order valence-corrected chi connectivity index (χ0v) is 10.8. The number of rotatable bonds is 0. The summed E-state index contributed by atoms with van der Waals surface area (Å²) in [5, 5.41) is 8.86. The minimum absolute atomic E-state index is 0.158. The second kappa shape index (κ2) is 4.81. The summed E-state index contributed by atoms with van der Waals surface area (Å²) in [6.45, 7) is 8.28. The Morgan fingerprint density at radius 3 is 2.29 bits per heavy atom. The number of piperazine rings is 1. The molecular weight excluding hydrogens is 224 g/mol. The molecule has 6 nitrogen and oxygen atoms in total. The topological polar surface area (TPSA) is 70.1 Å². The van der Waals surface area contributed by atoms with Gasteiger partial charge in [0.25, 0.3) is 0 Å². The number of carbonyl (C=O) groups excluding carboxylic acids is 1. The Bertz CT molecular complexity index is 311. The van der Waals surface area contributed by atoms with E-state index in [0.717, 1.165) is 0 Å². The molecule has 2 amide bonds. The van der Waals surface area contributed by atoms with Gasteiger partial charge in [0.05, 0.1) is 6.04 Å². The Balaban J connectivity index is 2.58. The van der Waals surface area contributed by atoms with Gasteiger partial charge in [-0.1, -0.05) is 0 Å². The summed E-state index contributed by atoms with van der Waals surface area (Å²) in [5.41, 5.74) is -0.527. The third kappa shape index (κ3) is 3.80. The summed E-state index contributed by atoms with van der Waals surface area (Å²) in [6.07, 6.45) is -1.32. The molecule has 98 valence electrons. The van der Waals surface area contributed by atoms with Crippen molar-refractivity contribution in [2.75, 3.05) is 19.6 Å². The molecule has 1 heterocycles. The number of ether oxygens (including phenoxy) is 1. The standard InChI is InChI=1S/C11H20N2O4/c1-8-7-12(9(14)15)5-6-13(8)10(16)17-11(2,3)4/h8H,5-7H2,1-4H3,(H,14,15). The maximum atomic E-state index is 11.8. The summed E-state index contributed by atoms with van der Waals surface area (Å²) in [6, 6.07) is -0.158. The molecule has 0 saturated carbocycles. The first-order valence-electron chi connectivity index (χ1n) is 5.68. The number of hydrogen-bond donors (Lipinski definition) is 1. The van der Waals surface area contributed by atoms with Crippen molar-refractivity contribution in [1.82, 2.24) is 9.80 Å². The molecule has 1 saturated heterocycles. The molecule has 0 spiro atoms. The van der Waals surface area contributed by atoms with Crippen LogP contribution < -0.4 is 0 Å². The molecule has 1 atom stereocenters. The van der Waals surface area contributed by atoms with E-state index < -0.39 is 11.7 Å². The van der Waals surface area contributed by atoms with E-state index in [1.54, 1.807) is 4.90 Å². The van der Waals surface area contributed by atoms with Crippen molar-refractivity contribution in [2.45, 2.75) is 39.3 Å². The van der Waals surface area contributed by atoms with E-state index in [1.165, 1.54) is 4.90 Å². The monoisotopic (exact) mass is 244 g/mol. The van der Waals surface area contributed by atoms with E-state index in [1.807, 2.05) is 27.7 Å². The highest BCUT2D eigenvalue weighted by Crippen LogP contribution is 2.15. The predicted octanol–water partition coefficient (Wildman–Crippen LogP) is 1.61. The lowest BCUT2D eigenvalue weighted by molar-refractivity contribution is 0.00264. The third-order valence-corrected chi connectivity index (χ3v) is 2.53. The molecule has 1 fully saturated rings. The normalized spacial score (nSPS) is 21.3. The molecule has 1 rings (SSSR count). The minimum Gasteiger partial charge on any atom is -0.465 e. The summed E-state index contributed by atoms with van der Waals surface area (Å²) < 4.78 is 5.26. The quantitative estimate of drug-likeness (QED) is 0.702. The van der Waals surface area contributed by atoms with Crippen molar-refractivity contribution in [1.29, 1.82) is 0 Å². The SMILES string of the molecule is CC1CN(C(=O)O)CCN1C(=O)OC(C)(C)C. The van der Waals surface area contributed by atoms with Crippen LogP contribution in [0.3, 0.4) is 0 Å². The van der Waals surface area contributed by atoms with Gasteiger partial charge in [0.15, 0.2) is 0 Å². The van der Waals surface area contributed by atoms with Gasteiger partial charge in [0, 0.05) is 19.6 Å². The van der Waals surface area contributed by atoms with E-state index in [0.29, 0.717) is 19.6 Å². The van der Waals surface area contributed by atoms with Gasteiger partial charge in [-0.05, 0) is 27.7 Å². The summed E-state index contributed by atoms with van der Waals surface area (Å²) >= 11 is 0. The molecule has 1 aliphatic rings. The fourth-order valence-electron chi connectivity index (χ4n) is 1.72. The molecule has 1 unspecified atom stereocenters. The van der Waals surface area contributed by atoms with Crippen LogP contribution >= 0.6 is 0 Å². The highest BCUT2D eigenvalue weighted by Gasteiger charge is 2.32. The van der Waals surface area contributed by atoms with Crippen LogP contribution in [-0.2, 0) is 4.74 Å². The van der Waals surface area contributed by atoms with Crippen LogP contribution in [0.5, 0.6) is 0 Å². The minimum atomic E-state index is -0.944. The maximum Gasteiger partial charge on any atom is 0.410 e. The van der Waals surface area contributed by atoms with E-state index in [4.69, 9.17) is 9.84 Å². The fourth-order valence-corrected chi connectivity index (χ4v) is 1.72. The maximum absolute atomic E-state index is 11.8. The van der Waals surface area contributed by atoms with Crippen LogP contribution in [0.2, 0.25) is 0 Å². The van der Waals surface area contributed by atoms with E-state index >= 15 is 0 Å². The molecule has 6 heteroatoms. The zero-order chi connectivity index (χ0) is 13.2. The number of nitrogens with zero attached hydrogens (tertiary/aromatic N) is 2. The molecule has 0 aromatic carbocycles. The van der Waals surface area contributed by atoms with Crippen LogP contribution in [0, 0.1) is 0 Å². The van der Waals surface area contributed by atoms with Crippen LogP contribution in [0.15, 0.2) is 0 Å². The van der Waals surface area contributed by atoms with Gasteiger partial charge in [-0.15, -0.1) is 0 Å². The van der Waals surface area contributed by atoms with E-state index in [9.17, 15) is 9.59 Å². The molecule has 17 heavy (non-hydrogen) atoms. The van der Waals surface area contributed by atoms with Crippen molar-refractivity contribution in [3.05, 3.63) is 0 Å². The Kier molecular flexibility index (Phi) is 3.85. The Morgan fingerprint density at radius 2 is 1.88 bits per heavy atom. The molecule has 0 aliphatic carbocycles. The Morgan fingerprint density at radius 1 is 1.29 bits per heavy atom. The summed E-state index contributed by atoms with van der Waals surface area (Å²) in [5.74, 6) is 0. The van der Waals surface area contributed by atoms with Gasteiger partial charge in [-0.25, -0.2) is 9.59 Å². The fraction of sp³-hybridized carbons (Fsp3) is 0.818. The van der Waals surface area contributed by atoms with Crippen LogP contribution in [0.4, 0.5) is 9.59 Å². The van der Waals surface area contributed by atoms with E-state index in [2.05, 4.69) is 0 Å². The average molecular weight is 244 g/mol. The van der Waals surface area contributed by atoms with Crippen molar-refractivity contribution >= 4 is 12.2 Å². The number of carbonyl (C=O) groups is 2. The van der Waals surface area contributed by atoms with Crippen molar-refractivity contribution in [3.63, 3.8) is 0 Å². The van der Waals surface area contributed by atoms with Gasteiger partial charge in [0.1, 0.15) is 5.60 Å². The average Bonchev–Trinajstić information content (AvgIpc) is 2.14. The van der Waals surface area contributed by atoms with Crippen LogP contribution in [-0.4, -0.2) is 58.4 Å². The van der Waals surface area contributed by atoms with Gasteiger partial charge in [0.2, 0.25) is 0 Å². The second-order valence-electron chi connectivity index (χ2n) is 5.25. The van der Waals surface area contributed by atoms with Gasteiger partial charge >= 0.3 is 12.2 Å². The first-order valence-corrected chi connectivity index (χ1v) is 5.68. The van der Waals surface area contributed by atoms with E-state index in [-0.39, 0.29) is 12.1 Å². The lowest BCUT2D eigenvalue weighted by Crippen LogP contribution is -2.56. The number of hydrogen-bond acceptors (Lipinski definition) is 3. The molecule has 1 aliphatic heterocycles. The second-order valence-corrected chi connectivity index (χ2v) is 5.25.